The van der Waals surface area contributed by atoms with Crippen LogP contribution < -0.4 is 5.32 Å². The van der Waals surface area contributed by atoms with Crippen LogP contribution in [0, 0.1) is 5.92 Å². The van der Waals surface area contributed by atoms with Crippen LogP contribution in [0.25, 0.3) is 0 Å². The zero-order chi connectivity index (χ0) is 13.9. The van der Waals surface area contributed by atoms with Crippen LogP contribution in [-0.2, 0) is 9.47 Å². The predicted molar refractivity (Wildman–Crippen MR) is 73.1 cm³/mol. The Hall–Kier alpha value is -0.810. The summed E-state index contributed by atoms with van der Waals surface area (Å²) in [4.78, 5) is 13.9. The van der Waals surface area contributed by atoms with Gasteiger partial charge in [0.25, 0.3) is 0 Å². The molecule has 5 heteroatoms. The van der Waals surface area contributed by atoms with Gasteiger partial charge in [0.05, 0.1) is 12.7 Å². The number of piperidine rings is 1. The maximum Gasteiger partial charge on any atom is 0.410 e. The van der Waals surface area contributed by atoms with Crippen molar-refractivity contribution >= 4 is 6.09 Å². The third-order valence-corrected chi connectivity index (χ3v) is 3.59. The summed E-state index contributed by atoms with van der Waals surface area (Å²) in [6, 6.07) is 0. The topological polar surface area (TPSA) is 50.8 Å². The van der Waals surface area contributed by atoms with Crippen molar-refractivity contribution in [2.75, 3.05) is 32.8 Å². The first-order valence-electron chi connectivity index (χ1n) is 7.26. The summed E-state index contributed by atoms with van der Waals surface area (Å²) in [6.45, 7) is 9.85. The number of amides is 1. The highest BCUT2D eigenvalue weighted by Gasteiger charge is 2.32. The van der Waals surface area contributed by atoms with Crippen molar-refractivity contribution in [3.63, 3.8) is 0 Å². The van der Waals surface area contributed by atoms with Crippen LogP contribution in [0.2, 0.25) is 0 Å². The van der Waals surface area contributed by atoms with E-state index in [1.54, 1.807) is 0 Å². The van der Waals surface area contributed by atoms with Crippen molar-refractivity contribution in [2.24, 2.45) is 5.92 Å². The van der Waals surface area contributed by atoms with Gasteiger partial charge in [-0.15, -0.1) is 0 Å². The van der Waals surface area contributed by atoms with Crippen LogP contribution in [0.4, 0.5) is 4.79 Å². The number of morpholine rings is 1. The van der Waals surface area contributed by atoms with Gasteiger partial charge in [-0.05, 0) is 33.6 Å². The van der Waals surface area contributed by atoms with Crippen LogP contribution >= 0.6 is 0 Å². The Morgan fingerprint density at radius 1 is 1.42 bits per heavy atom. The molecule has 5 nitrogen and oxygen atoms in total. The second-order valence-electron chi connectivity index (χ2n) is 6.44. The molecular formula is C14H26N2O3. The van der Waals surface area contributed by atoms with E-state index in [0.717, 1.165) is 45.6 Å². The minimum Gasteiger partial charge on any atom is -0.444 e. The van der Waals surface area contributed by atoms with Gasteiger partial charge in [0, 0.05) is 32.1 Å². The Balaban J connectivity index is 1.87. The van der Waals surface area contributed by atoms with Crippen molar-refractivity contribution in [2.45, 2.75) is 45.3 Å². The number of carbonyl (C=O) groups excluding carboxylic acids is 1. The lowest BCUT2D eigenvalue weighted by atomic mass is 9.92. The Labute approximate surface area is 115 Å². The number of rotatable bonds is 1. The van der Waals surface area contributed by atoms with Crippen LogP contribution in [0.5, 0.6) is 0 Å². The second kappa shape index (κ2) is 6.09. The summed E-state index contributed by atoms with van der Waals surface area (Å²) in [7, 11) is 0. The highest BCUT2D eigenvalue weighted by Crippen LogP contribution is 2.24. The minimum atomic E-state index is -0.424. The van der Waals surface area contributed by atoms with E-state index in [2.05, 4.69) is 5.32 Å². The smallest absolute Gasteiger partial charge is 0.410 e. The number of hydrogen-bond acceptors (Lipinski definition) is 4. The molecule has 0 bridgehead atoms. The summed E-state index contributed by atoms with van der Waals surface area (Å²) < 4.78 is 11.2. The molecule has 0 saturated carbocycles. The number of ether oxygens (including phenoxy) is 2. The van der Waals surface area contributed by atoms with Crippen molar-refractivity contribution < 1.29 is 14.3 Å². The highest BCUT2D eigenvalue weighted by molar-refractivity contribution is 5.68. The lowest BCUT2D eigenvalue weighted by molar-refractivity contribution is -0.0365. The van der Waals surface area contributed by atoms with Gasteiger partial charge >= 0.3 is 6.09 Å². The van der Waals surface area contributed by atoms with Gasteiger partial charge in [-0.3, -0.25) is 0 Å². The SMILES string of the molecule is CC(C)(C)OC(=O)N1CCCC(C2CNCCO2)C1. The van der Waals surface area contributed by atoms with Gasteiger partial charge in [-0.2, -0.15) is 0 Å². The summed E-state index contributed by atoms with van der Waals surface area (Å²) in [6.07, 6.45) is 2.20. The average molecular weight is 270 g/mol. The highest BCUT2D eigenvalue weighted by atomic mass is 16.6. The van der Waals surface area contributed by atoms with E-state index in [0.29, 0.717) is 5.92 Å². The molecule has 110 valence electrons. The fourth-order valence-electron chi connectivity index (χ4n) is 2.69. The zero-order valence-corrected chi connectivity index (χ0v) is 12.3. The standard InChI is InChI=1S/C14H26N2O3/c1-14(2,3)19-13(17)16-7-4-5-11(10-16)12-9-15-6-8-18-12/h11-12,15H,4-10H2,1-3H3. The molecule has 2 saturated heterocycles. The molecule has 0 radical (unpaired) electrons. The number of hydrogen-bond donors (Lipinski definition) is 1. The van der Waals surface area contributed by atoms with E-state index in [1.807, 2.05) is 25.7 Å². The van der Waals surface area contributed by atoms with Crippen LogP contribution in [0.1, 0.15) is 33.6 Å². The van der Waals surface area contributed by atoms with Crippen molar-refractivity contribution in [1.29, 1.82) is 0 Å². The van der Waals surface area contributed by atoms with E-state index in [-0.39, 0.29) is 12.2 Å². The minimum absolute atomic E-state index is 0.194. The first kappa shape index (κ1) is 14.6. The maximum absolute atomic E-state index is 12.1. The van der Waals surface area contributed by atoms with Crippen LogP contribution in [0.3, 0.4) is 0 Å². The fraction of sp³-hybridized carbons (Fsp3) is 0.929. The fourth-order valence-corrected chi connectivity index (χ4v) is 2.69. The Morgan fingerprint density at radius 2 is 2.21 bits per heavy atom. The van der Waals surface area contributed by atoms with Gasteiger partial charge in [0.1, 0.15) is 5.60 Å². The third kappa shape index (κ3) is 4.35. The normalized spacial score (nSPS) is 29.1. The number of likely N-dealkylation sites (tertiary alicyclic amines) is 1. The summed E-state index contributed by atoms with van der Waals surface area (Å²) in [5.74, 6) is 0.425. The Bertz CT molecular complexity index is 308. The second-order valence-corrected chi connectivity index (χ2v) is 6.44. The van der Waals surface area contributed by atoms with Gasteiger partial charge in [0.2, 0.25) is 0 Å². The molecule has 0 aromatic rings. The molecule has 2 unspecified atom stereocenters. The molecule has 2 aliphatic rings. The van der Waals surface area contributed by atoms with Gasteiger partial charge < -0.3 is 19.7 Å². The zero-order valence-electron chi connectivity index (χ0n) is 12.3. The number of carbonyl (C=O) groups is 1. The third-order valence-electron chi connectivity index (χ3n) is 3.59. The van der Waals surface area contributed by atoms with Gasteiger partial charge in [-0.25, -0.2) is 4.79 Å². The van der Waals surface area contributed by atoms with Crippen LogP contribution in [-0.4, -0.2) is 55.5 Å². The molecule has 2 heterocycles. The summed E-state index contributed by atoms with van der Waals surface area (Å²) in [5.41, 5.74) is -0.424. The van der Waals surface area contributed by atoms with E-state index < -0.39 is 5.60 Å². The van der Waals surface area contributed by atoms with Crippen molar-refractivity contribution in [3.8, 4) is 0 Å². The van der Waals surface area contributed by atoms with E-state index in [1.165, 1.54) is 0 Å². The van der Waals surface area contributed by atoms with E-state index in [9.17, 15) is 4.79 Å². The lowest BCUT2D eigenvalue weighted by Crippen LogP contribution is -2.50. The molecule has 2 fully saturated rings. The molecule has 2 rings (SSSR count). The van der Waals surface area contributed by atoms with E-state index >= 15 is 0 Å². The maximum atomic E-state index is 12.1. The number of nitrogens with one attached hydrogen (secondary N) is 1. The first-order chi connectivity index (χ1) is 8.96. The van der Waals surface area contributed by atoms with Crippen molar-refractivity contribution in [3.05, 3.63) is 0 Å². The monoisotopic (exact) mass is 270 g/mol. The van der Waals surface area contributed by atoms with Crippen molar-refractivity contribution in [1.82, 2.24) is 10.2 Å². The lowest BCUT2D eigenvalue weighted by Gasteiger charge is -2.38. The Morgan fingerprint density at radius 3 is 2.84 bits per heavy atom. The predicted octanol–water partition coefficient (Wildman–Crippen LogP) is 1.62. The molecule has 0 aromatic heterocycles. The molecular weight excluding hydrogens is 244 g/mol. The van der Waals surface area contributed by atoms with E-state index in [4.69, 9.17) is 9.47 Å². The van der Waals surface area contributed by atoms with Gasteiger partial charge in [-0.1, -0.05) is 0 Å². The first-order valence-corrected chi connectivity index (χ1v) is 7.26. The quantitative estimate of drug-likeness (QED) is 0.786. The summed E-state index contributed by atoms with van der Waals surface area (Å²) in [5, 5.41) is 3.35. The van der Waals surface area contributed by atoms with Crippen LogP contribution in [0.15, 0.2) is 0 Å². The molecule has 19 heavy (non-hydrogen) atoms. The largest absolute Gasteiger partial charge is 0.444 e. The Kier molecular flexibility index (Phi) is 4.68. The van der Waals surface area contributed by atoms with Gasteiger partial charge in [0.15, 0.2) is 0 Å². The molecule has 0 aliphatic carbocycles. The average Bonchev–Trinajstić information content (AvgIpc) is 2.38. The summed E-state index contributed by atoms with van der Waals surface area (Å²) >= 11 is 0. The molecule has 1 amide bonds. The molecule has 2 atom stereocenters. The molecule has 1 N–H and O–H groups in total. The number of nitrogens with zero attached hydrogens (tertiary/aromatic N) is 1. The molecule has 0 aromatic carbocycles. The molecule has 2 aliphatic heterocycles. The molecule has 0 spiro atoms.